The number of nitrogens with zero attached hydrogens (tertiary/aromatic N) is 1. The van der Waals surface area contributed by atoms with E-state index in [-0.39, 0.29) is 11.9 Å². The van der Waals surface area contributed by atoms with Gasteiger partial charge in [-0.1, -0.05) is 29.8 Å². The summed E-state index contributed by atoms with van der Waals surface area (Å²) in [5, 5.41) is 3.74. The topological polar surface area (TPSA) is 50.8 Å². The second-order valence-corrected chi connectivity index (χ2v) is 7.77. The molecule has 0 aromatic heterocycles. The SMILES string of the molecule is CC(c1ccccc1Cl)N(CC(=O)Nc1ccc2c(c1)OCCCO2)C1CC1. The summed E-state index contributed by atoms with van der Waals surface area (Å²) < 4.78 is 11.4. The monoisotopic (exact) mass is 400 g/mol. The summed E-state index contributed by atoms with van der Waals surface area (Å²) in [7, 11) is 0. The summed E-state index contributed by atoms with van der Waals surface area (Å²) in [6.07, 6.45) is 3.09. The molecule has 1 unspecified atom stereocenters. The molecular weight excluding hydrogens is 376 g/mol. The molecule has 0 spiro atoms. The van der Waals surface area contributed by atoms with Crippen molar-refractivity contribution in [3.05, 3.63) is 53.1 Å². The average Bonchev–Trinajstić information content (AvgIpc) is 3.53. The Labute approximate surface area is 170 Å². The maximum Gasteiger partial charge on any atom is 0.238 e. The number of benzene rings is 2. The van der Waals surface area contributed by atoms with Gasteiger partial charge in [-0.05, 0) is 43.5 Å². The van der Waals surface area contributed by atoms with Gasteiger partial charge in [0, 0.05) is 35.3 Å². The van der Waals surface area contributed by atoms with Crippen molar-refractivity contribution in [1.82, 2.24) is 4.90 Å². The summed E-state index contributed by atoms with van der Waals surface area (Å²) >= 11 is 6.38. The Kier molecular flexibility index (Phi) is 5.74. The van der Waals surface area contributed by atoms with Crippen molar-refractivity contribution < 1.29 is 14.3 Å². The molecule has 1 saturated carbocycles. The van der Waals surface area contributed by atoms with Gasteiger partial charge >= 0.3 is 0 Å². The third-order valence-electron chi connectivity index (χ3n) is 5.23. The predicted molar refractivity (Wildman–Crippen MR) is 110 cm³/mol. The van der Waals surface area contributed by atoms with Crippen LogP contribution in [0.4, 0.5) is 5.69 Å². The largest absolute Gasteiger partial charge is 0.490 e. The van der Waals surface area contributed by atoms with Gasteiger partial charge in [-0.3, -0.25) is 9.69 Å². The van der Waals surface area contributed by atoms with Crippen molar-refractivity contribution >= 4 is 23.2 Å². The smallest absolute Gasteiger partial charge is 0.238 e. The molecule has 1 amide bonds. The highest BCUT2D eigenvalue weighted by Crippen LogP contribution is 2.36. The number of carbonyl (C=O) groups excluding carboxylic acids is 1. The van der Waals surface area contributed by atoms with E-state index in [4.69, 9.17) is 21.1 Å². The van der Waals surface area contributed by atoms with Crippen molar-refractivity contribution in [3.63, 3.8) is 0 Å². The van der Waals surface area contributed by atoms with Crippen LogP contribution in [-0.2, 0) is 4.79 Å². The summed E-state index contributed by atoms with van der Waals surface area (Å²) in [5.74, 6) is 1.36. The molecule has 0 radical (unpaired) electrons. The van der Waals surface area contributed by atoms with E-state index in [2.05, 4.69) is 17.1 Å². The van der Waals surface area contributed by atoms with Crippen LogP contribution in [0.3, 0.4) is 0 Å². The summed E-state index contributed by atoms with van der Waals surface area (Å²) in [6.45, 7) is 3.70. The molecule has 148 valence electrons. The molecule has 1 N–H and O–H groups in total. The number of hydrogen-bond donors (Lipinski definition) is 1. The first-order valence-electron chi connectivity index (χ1n) is 9.81. The fourth-order valence-electron chi connectivity index (χ4n) is 3.59. The van der Waals surface area contributed by atoms with Gasteiger partial charge in [0.1, 0.15) is 0 Å². The zero-order chi connectivity index (χ0) is 19.5. The molecule has 0 saturated heterocycles. The fraction of sp³-hybridized carbons (Fsp3) is 0.409. The summed E-state index contributed by atoms with van der Waals surface area (Å²) in [5.41, 5.74) is 1.77. The lowest BCUT2D eigenvalue weighted by molar-refractivity contribution is -0.118. The van der Waals surface area contributed by atoms with Crippen molar-refractivity contribution in [2.24, 2.45) is 0 Å². The Bertz CT molecular complexity index is 853. The number of ether oxygens (including phenoxy) is 2. The van der Waals surface area contributed by atoms with Crippen molar-refractivity contribution in [2.75, 3.05) is 25.1 Å². The van der Waals surface area contributed by atoms with Gasteiger partial charge in [0.15, 0.2) is 11.5 Å². The van der Waals surface area contributed by atoms with Crippen LogP contribution < -0.4 is 14.8 Å². The summed E-state index contributed by atoms with van der Waals surface area (Å²) in [4.78, 5) is 15.0. The first-order chi connectivity index (χ1) is 13.6. The molecule has 5 nitrogen and oxygen atoms in total. The van der Waals surface area contributed by atoms with E-state index in [1.54, 1.807) is 0 Å². The standard InChI is InChI=1S/C22H25ClN2O3/c1-15(18-5-2-3-6-19(18)23)25(17-8-9-17)14-22(26)24-16-7-10-20-21(13-16)28-12-4-11-27-20/h2-3,5-7,10,13,15,17H,4,8-9,11-12,14H2,1H3,(H,24,26). The van der Waals surface area contributed by atoms with Crippen molar-refractivity contribution in [1.29, 1.82) is 0 Å². The highest BCUT2D eigenvalue weighted by atomic mass is 35.5. The fourth-order valence-corrected chi connectivity index (χ4v) is 3.88. The highest BCUT2D eigenvalue weighted by Gasteiger charge is 2.34. The van der Waals surface area contributed by atoms with Crippen LogP contribution in [0.15, 0.2) is 42.5 Å². The normalized spacial score (nSPS) is 17.1. The second kappa shape index (κ2) is 8.41. The Morgan fingerprint density at radius 1 is 1.18 bits per heavy atom. The molecule has 1 aliphatic heterocycles. The molecule has 6 heteroatoms. The van der Waals surface area contributed by atoms with E-state index in [1.165, 1.54) is 0 Å². The Hall–Kier alpha value is -2.24. The Balaban J connectivity index is 1.44. The number of carbonyl (C=O) groups is 1. The summed E-state index contributed by atoms with van der Waals surface area (Å²) in [6, 6.07) is 13.9. The minimum atomic E-state index is -0.0414. The van der Waals surface area contributed by atoms with Gasteiger partial charge in [-0.2, -0.15) is 0 Å². The van der Waals surface area contributed by atoms with Crippen LogP contribution in [0.5, 0.6) is 11.5 Å². The maximum absolute atomic E-state index is 12.8. The van der Waals surface area contributed by atoms with Gasteiger partial charge in [0.05, 0.1) is 19.8 Å². The van der Waals surface area contributed by atoms with E-state index < -0.39 is 0 Å². The van der Waals surface area contributed by atoms with Crippen LogP contribution in [0.2, 0.25) is 5.02 Å². The number of hydrogen-bond acceptors (Lipinski definition) is 4. The molecule has 2 aromatic rings. The molecular formula is C22H25ClN2O3. The number of rotatable bonds is 6. The lowest BCUT2D eigenvalue weighted by atomic mass is 10.1. The molecule has 2 aromatic carbocycles. The lowest BCUT2D eigenvalue weighted by Gasteiger charge is -2.29. The number of nitrogens with one attached hydrogen (secondary N) is 1. The second-order valence-electron chi connectivity index (χ2n) is 7.36. The van der Waals surface area contributed by atoms with Crippen LogP contribution >= 0.6 is 11.6 Å². The molecule has 2 aliphatic rings. The van der Waals surface area contributed by atoms with Crippen LogP contribution in [0.1, 0.15) is 37.8 Å². The number of fused-ring (bicyclic) bond motifs is 1. The van der Waals surface area contributed by atoms with Crippen LogP contribution in [-0.4, -0.2) is 36.6 Å². The van der Waals surface area contributed by atoms with E-state index in [0.717, 1.165) is 41.3 Å². The molecule has 1 atom stereocenters. The number of anilines is 1. The van der Waals surface area contributed by atoms with E-state index in [1.807, 2.05) is 42.5 Å². The van der Waals surface area contributed by atoms with Gasteiger partial charge in [0.25, 0.3) is 0 Å². The molecule has 1 fully saturated rings. The van der Waals surface area contributed by atoms with Gasteiger partial charge in [-0.15, -0.1) is 0 Å². The zero-order valence-corrected chi connectivity index (χ0v) is 16.7. The first kappa shape index (κ1) is 19.1. The molecule has 4 rings (SSSR count). The van der Waals surface area contributed by atoms with E-state index >= 15 is 0 Å². The van der Waals surface area contributed by atoms with Crippen LogP contribution in [0.25, 0.3) is 0 Å². The highest BCUT2D eigenvalue weighted by molar-refractivity contribution is 6.31. The minimum Gasteiger partial charge on any atom is -0.490 e. The lowest BCUT2D eigenvalue weighted by Crippen LogP contribution is -2.37. The van der Waals surface area contributed by atoms with E-state index in [0.29, 0.717) is 31.5 Å². The Morgan fingerprint density at radius 2 is 1.93 bits per heavy atom. The third kappa shape index (κ3) is 4.42. The molecule has 1 aliphatic carbocycles. The van der Waals surface area contributed by atoms with Crippen molar-refractivity contribution in [3.8, 4) is 11.5 Å². The minimum absolute atomic E-state index is 0.0414. The Morgan fingerprint density at radius 3 is 2.68 bits per heavy atom. The van der Waals surface area contributed by atoms with Crippen LogP contribution in [0, 0.1) is 0 Å². The maximum atomic E-state index is 12.8. The van der Waals surface area contributed by atoms with Gasteiger partial charge in [-0.25, -0.2) is 0 Å². The van der Waals surface area contributed by atoms with Gasteiger partial charge < -0.3 is 14.8 Å². The quantitative estimate of drug-likeness (QED) is 0.765. The number of halogens is 1. The molecule has 28 heavy (non-hydrogen) atoms. The first-order valence-corrected chi connectivity index (χ1v) is 10.2. The van der Waals surface area contributed by atoms with Crippen molar-refractivity contribution in [2.45, 2.75) is 38.3 Å². The van der Waals surface area contributed by atoms with E-state index in [9.17, 15) is 4.79 Å². The zero-order valence-electron chi connectivity index (χ0n) is 16.0. The number of amides is 1. The molecule has 0 bridgehead atoms. The predicted octanol–water partition coefficient (Wildman–Crippen LogP) is 4.67. The third-order valence-corrected chi connectivity index (χ3v) is 5.57. The average molecular weight is 401 g/mol. The molecule has 1 heterocycles. The van der Waals surface area contributed by atoms with Gasteiger partial charge in [0.2, 0.25) is 5.91 Å².